The second-order valence-electron chi connectivity index (χ2n) is 4.72. The third-order valence-corrected chi connectivity index (χ3v) is 3.79. The highest BCUT2D eigenvalue weighted by atomic mass is 79.9. The molecular formula is C17H15BrN2. The number of hydrogen-bond acceptors (Lipinski definition) is 2. The van der Waals surface area contributed by atoms with Crippen LogP contribution in [0.15, 0.2) is 76.3 Å². The first-order valence-electron chi connectivity index (χ1n) is 6.59. The van der Waals surface area contributed by atoms with E-state index in [0.29, 0.717) is 0 Å². The fraction of sp³-hybridized carbons (Fsp3) is 0.118. The van der Waals surface area contributed by atoms with Crippen LogP contribution in [0.4, 0.5) is 5.69 Å². The maximum Gasteiger partial charge on any atom is 0.122 e. The van der Waals surface area contributed by atoms with E-state index in [9.17, 15) is 0 Å². The van der Waals surface area contributed by atoms with Gasteiger partial charge in [0.1, 0.15) is 6.17 Å². The normalized spacial score (nSPS) is 18.0. The van der Waals surface area contributed by atoms with Crippen LogP contribution in [0.2, 0.25) is 0 Å². The summed E-state index contributed by atoms with van der Waals surface area (Å²) in [6.45, 7) is 2.10. The molecule has 0 radical (unpaired) electrons. The van der Waals surface area contributed by atoms with Crippen molar-refractivity contribution in [1.82, 2.24) is 0 Å². The Labute approximate surface area is 127 Å². The third-order valence-electron chi connectivity index (χ3n) is 3.30. The molecule has 1 aliphatic rings. The first kappa shape index (κ1) is 13.1. The maximum atomic E-state index is 4.78. The molecule has 100 valence electrons. The number of halogens is 1. The molecule has 0 saturated heterocycles. The van der Waals surface area contributed by atoms with Gasteiger partial charge in [0.05, 0.1) is 5.71 Å². The maximum absolute atomic E-state index is 4.78. The van der Waals surface area contributed by atoms with Gasteiger partial charge in [-0.2, -0.15) is 0 Å². The van der Waals surface area contributed by atoms with Crippen molar-refractivity contribution < 1.29 is 0 Å². The van der Waals surface area contributed by atoms with Crippen molar-refractivity contribution in [2.75, 3.05) is 4.90 Å². The summed E-state index contributed by atoms with van der Waals surface area (Å²) in [6, 6.07) is 18.5. The summed E-state index contributed by atoms with van der Waals surface area (Å²) in [4.78, 5) is 6.94. The van der Waals surface area contributed by atoms with Gasteiger partial charge in [-0.1, -0.05) is 52.3 Å². The van der Waals surface area contributed by atoms with Crippen molar-refractivity contribution in [1.29, 1.82) is 0 Å². The van der Waals surface area contributed by atoms with E-state index < -0.39 is 0 Å². The molecule has 2 aromatic carbocycles. The molecule has 1 aliphatic heterocycles. The molecular weight excluding hydrogens is 312 g/mol. The van der Waals surface area contributed by atoms with Crippen LogP contribution in [0.25, 0.3) is 0 Å². The van der Waals surface area contributed by atoms with E-state index in [1.165, 1.54) is 0 Å². The molecule has 1 heterocycles. The molecule has 0 N–H and O–H groups in total. The van der Waals surface area contributed by atoms with Crippen LogP contribution in [0, 0.1) is 0 Å². The van der Waals surface area contributed by atoms with Crippen molar-refractivity contribution in [3.05, 3.63) is 76.9 Å². The number of anilines is 1. The van der Waals surface area contributed by atoms with E-state index in [4.69, 9.17) is 4.99 Å². The highest BCUT2D eigenvalue weighted by molar-refractivity contribution is 9.10. The van der Waals surface area contributed by atoms with Crippen LogP contribution < -0.4 is 4.90 Å². The van der Waals surface area contributed by atoms with Gasteiger partial charge < -0.3 is 4.90 Å². The minimum Gasteiger partial charge on any atom is -0.326 e. The lowest BCUT2D eigenvalue weighted by molar-refractivity contribution is 0.741. The fourth-order valence-corrected chi connectivity index (χ4v) is 2.69. The van der Waals surface area contributed by atoms with Crippen molar-refractivity contribution in [2.45, 2.75) is 13.1 Å². The van der Waals surface area contributed by atoms with E-state index in [0.717, 1.165) is 21.4 Å². The minimum absolute atomic E-state index is 0.0875. The smallest absolute Gasteiger partial charge is 0.122 e. The van der Waals surface area contributed by atoms with Crippen molar-refractivity contribution in [3.63, 3.8) is 0 Å². The van der Waals surface area contributed by atoms with Crippen LogP contribution in [-0.2, 0) is 0 Å². The van der Waals surface area contributed by atoms with E-state index in [2.05, 4.69) is 64.3 Å². The van der Waals surface area contributed by atoms with Gasteiger partial charge in [0, 0.05) is 16.4 Å². The van der Waals surface area contributed by atoms with Gasteiger partial charge in [-0.05, 0) is 36.8 Å². The molecule has 3 heteroatoms. The zero-order chi connectivity index (χ0) is 13.9. The number of nitrogens with zero attached hydrogens (tertiary/aromatic N) is 2. The Balaban J connectivity index is 1.88. The Bertz CT molecular complexity index is 662. The molecule has 0 bridgehead atoms. The largest absolute Gasteiger partial charge is 0.326 e. The molecule has 1 atom stereocenters. The summed E-state index contributed by atoms with van der Waals surface area (Å²) in [5.41, 5.74) is 3.33. The Hall–Kier alpha value is -1.87. The Morgan fingerprint density at radius 2 is 1.85 bits per heavy atom. The van der Waals surface area contributed by atoms with Crippen molar-refractivity contribution in [2.24, 2.45) is 4.99 Å². The number of allylic oxidation sites excluding steroid dienone is 1. The number of rotatable bonds is 2. The van der Waals surface area contributed by atoms with E-state index in [1.807, 2.05) is 30.3 Å². The molecule has 0 amide bonds. The predicted molar refractivity (Wildman–Crippen MR) is 88.2 cm³/mol. The standard InChI is InChI=1S/C17H15BrN2/c1-13-19-17(14-6-3-2-4-7-14)10-11-20(13)16-9-5-8-15(18)12-16/h2-13H,1H3. The van der Waals surface area contributed by atoms with Crippen LogP contribution >= 0.6 is 15.9 Å². The molecule has 20 heavy (non-hydrogen) atoms. The highest BCUT2D eigenvalue weighted by Crippen LogP contribution is 2.25. The monoisotopic (exact) mass is 326 g/mol. The number of benzene rings is 2. The first-order valence-corrected chi connectivity index (χ1v) is 7.39. The average molecular weight is 327 g/mol. The predicted octanol–water partition coefficient (Wildman–Crippen LogP) is 4.62. The fourth-order valence-electron chi connectivity index (χ4n) is 2.30. The zero-order valence-electron chi connectivity index (χ0n) is 11.2. The van der Waals surface area contributed by atoms with E-state index >= 15 is 0 Å². The Kier molecular flexibility index (Phi) is 3.70. The Morgan fingerprint density at radius 3 is 2.55 bits per heavy atom. The van der Waals surface area contributed by atoms with Gasteiger partial charge in [0.15, 0.2) is 0 Å². The van der Waals surface area contributed by atoms with E-state index in [-0.39, 0.29) is 6.17 Å². The van der Waals surface area contributed by atoms with Crippen LogP contribution in [-0.4, -0.2) is 11.9 Å². The molecule has 3 rings (SSSR count). The van der Waals surface area contributed by atoms with Crippen LogP contribution in [0.1, 0.15) is 12.5 Å². The van der Waals surface area contributed by atoms with E-state index in [1.54, 1.807) is 0 Å². The summed E-state index contributed by atoms with van der Waals surface area (Å²) < 4.78 is 1.08. The second kappa shape index (κ2) is 5.63. The summed E-state index contributed by atoms with van der Waals surface area (Å²) >= 11 is 3.51. The van der Waals surface area contributed by atoms with Gasteiger partial charge in [-0.25, -0.2) is 0 Å². The lowest BCUT2D eigenvalue weighted by Crippen LogP contribution is -2.30. The molecule has 0 fully saturated rings. The van der Waals surface area contributed by atoms with Gasteiger partial charge in [-0.15, -0.1) is 0 Å². The molecule has 2 nitrogen and oxygen atoms in total. The summed E-state index contributed by atoms with van der Waals surface area (Å²) in [5, 5.41) is 0. The SMILES string of the molecule is CC1N=C(c2ccccc2)C=CN1c1cccc(Br)c1. The van der Waals surface area contributed by atoms with Crippen molar-refractivity contribution in [3.8, 4) is 0 Å². The lowest BCUT2D eigenvalue weighted by Gasteiger charge is -2.28. The van der Waals surface area contributed by atoms with Gasteiger partial charge in [0.2, 0.25) is 0 Å². The Morgan fingerprint density at radius 1 is 1.05 bits per heavy atom. The summed E-state index contributed by atoms with van der Waals surface area (Å²) in [5.74, 6) is 0. The summed E-state index contributed by atoms with van der Waals surface area (Å²) in [6.07, 6.45) is 4.25. The first-order chi connectivity index (χ1) is 9.74. The van der Waals surface area contributed by atoms with Crippen LogP contribution in [0.5, 0.6) is 0 Å². The number of hydrogen-bond donors (Lipinski definition) is 0. The molecule has 0 spiro atoms. The molecule has 1 unspecified atom stereocenters. The molecule has 0 aromatic heterocycles. The minimum atomic E-state index is 0.0875. The molecule has 2 aromatic rings. The quantitative estimate of drug-likeness (QED) is 0.786. The van der Waals surface area contributed by atoms with Gasteiger partial charge in [-0.3, -0.25) is 4.99 Å². The average Bonchev–Trinajstić information content (AvgIpc) is 2.48. The van der Waals surface area contributed by atoms with Crippen molar-refractivity contribution >= 4 is 27.3 Å². The summed E-state index contributed by atoms with van der Waals surface area (Å²) in [7, 11) is 0. The molecule has 0 saturated carbocycles. The lowest BCUT2D eigenvalue weighted by atomic mass is 10.1. The van der Waals surface area contributed by atoms with Crippen LogP contribution in [0.3, 0.4) is 0 Å². The second-order valence-corrected chi connectivity index (χ2v) is 5.63. The van der Waals surface area contributed by atoms with Gasteiger partial charge >= 0.3 is 0 Å². The third kappa shape index (κ3) is 2.68. The number of aliphatic imine (C=N–C) groups is 1. The molecule has 0 aliphatic carbocycles. The zero-order valence-corrected chi connectivity index (χ0v) is 12.8. The highest BCUT2D eigenvalue weighted by Gasteiger charge is 2.16. The van der Waals surface area contributed by atoms with Gasteiger partial charge in [0.25, 0.3) is 0 Å². The topological polar surface area (TPSA) is 15.6 Å².